The highest BCUT2D eigenvalue weighted by molar-refractivity contribution is 7.89. The van der Waals surface area contributed by atoms with E-state index in [1.54, 1.807) is 12.1 Å². The molecular weight excluding hydrogens is 274 g/mol. The van der Waals surface area contributed by atoms with Crippen molar-refractivity contribution in [1.29, 1.82) is 0 Å². The van der Waals surface area contributed by atoms with Gasteiger partial charge in [-0.2, -0.15) is 0 Å². The van der Waals surface area contributed by atoms with E-state index >= 15 is 0 Å². The van der Waals surface area contributed by atoms with Crippen molar-refractivity contribution >= 4 is 21.4 Å². The Morgan fingerprint density at radius 2 is 1.75 bits per heavy atom. The average Bonchev–Trinajstić information content (AvgIpc) is 2.38. The summed E-state index contributed by atoms with van der Waals surface area (Å²) in [5.74, 6) is 0. The number of rotatable bonds is 4. The highest BCUT2D eigenvalue weighted by Gasteiger charge is 2.09. The largest absolute Gasteiger partial charge is 0.399 e. The molecule has 0 spiro atoms. The fourth-order valence-corrected chi connectivity index (χ4v) is 2.42. The summed E-state index contributed by atoms with van der Waals surface area (Å²) in [4.78, 5) is 0.0969. The van der Waals surface area contributed by atoms with E-state index in [1.807, 2.05) is 31.2 Å². The molecule has 6 heteroatoms. The van der Waals surface area contributed by atoms with Crippen LogP contribution < -0.4 is 16.2 Å². The smallest absolute Gasteiger partial charge is 0.238 e. The monoisotopic (exact) mass is 291 g/mol. The van der Waals surface area contributed by atoms with Gasteiger partial charge in [-0.05, 0) is 48.9 Å². The minimum absolute atomic E-state index is 0.0545. The van der Waals surface area contributed by atoms with Crippen LogP contribution in [0.3, 0.4) is 0 Å². The number of nitrogens with one attached hydrogen (secondary N) is 1. The van der Waals surface area contributed by atoms with E-state index in [1.165, 1.54) is 12.1 Å². The summed E-state index contributed by atoms with van der Waals surface area (Å²) in [5.41, 5.74) is 8.33. The Balaban J connectivity index is 2.14. The lowest BCUT2D eigenvalue weighted by molar-refractivity contribution is 0.598. The summed E-state index contributed by atoms with van der Waals surface area (Å²) in [6.07, 6.45) is 0. The lowest BCUT2D eigenvalue weighted by Crippen LogP contribution is -2.12. The fourth-order valence-electron chi connectivity index (χ4n) is 1.90. The first kappa shape index (κ1) is 14.4. The predicted octanol–water partition coefficient (Wildman–Crippen LogP) is 2.09. The molecule has 0 bridgehead atoms. The van der Waals surface area contributed by atoms with Crippen molar-refractivity contribution in [1.82, 2.24) is 0 Å². The SMILES string of the molecule is CC(Nc1ccc(S(N)(=O)=O)cc1)c1cccc(N)c1. The number of hydrogen-bond donors (Lipinski definition) is 3. The first-order chi connectivity index (χ1) is 9.36. The van der Waals surface area contributed by atoms with Crippen LogP contribution in [0, 0.1) is 0 Å². The quantitative estimate of drug-likeness (QED) is 0.751. The summed E-state index contributed by atoms with van der Waals surface area (Å²) in [5, 5.41) is 8.33. The lowest BCUT2D eigenvalue weighted by atomic mass is 10.1. The summed E-state index contributed by atoms with van der Waals surface area (Å²) in [6, 6.07) is 14.0. The van der Waals surface area contributed by atoms with E-state index in [2.05, 4.69) is 5.32 Å². The molecule has 2 aromatic rings. The van der Waals surface area contributed by atoms with Crippen LogP contribution >= 0.6 is 0 Å². The Morgan fingerprint density at radius 1 is 1.10 bits per heavy atom. The van der Waals surface area contributed by atoms with Gasteiger partial charge in [-0.3, -0.25) is 0 Å². The predicted molar refractivity (Wildman–Crippen MR) is 80.7 cm³/mol. The van der Waals surface area contributed by atoms with Crippen LogP contribution in [0.15, 0.2) is 53.4 Å². The molecule has 0 radical (unpaired) electrons. The van der Waals surface area contributed by atoms with Gasteiger partial charge >= 0.3 is 0 Å². The van der Waals surface area contributed by atoms with Crippen LogP contribution in [-0.2, 0) is 10.0 Å². The molecule has 0 aliphatic rings. The third kappa shape index (κ3) is 3.49. The number of primary sulfonamides is 1. The van der Waals surface area contributed by atoms with E-state index in [9.17, 15) is 8.42 Å². The first-order valence-corrected chi connectivity index (χ1v) is 7.66. The molecule has 1 atom stereocenters. The van der Waals surface area contributed by atoms with Crippen molar-refractivity contribution in [2.45, 2.75) is 17.9 Å². The van der Waals surface area contributed by atoms with Crippen LogP contribution in [-0.4, -0.2) is 8.42 Å². The minimum Gasteiger partial charge on any atom is -0.399 e. The molecule has 20 heavy (non-hydrogen) atoms. The third-order valence-electron chi connectivity index (χ3n) is 2.98. The second-order valence-electron chi connectivity index (χ2n) is 4.61. The van der Waals surface area contributed by atoms with Gasteiger partial charge in [-0.1, -0.05) is 12.1 Å². The minimum atomic E-state index is -3.65. The molecule has 0 saturated heterocycles. The number of sulfonamides is 1. The fraction of sp³-hybridized carbons (Fsp3) is 0.143. The van der Waals surface area contributed by atoms with Gasteiger partial charge in [0.15, 0.2) is 0 Å². The van der Waals surface area contributed by atoms with E-state index in [-0.39, 0.29) is 10.9 Å². The van der Waals surface area contributed by atoms with Crippen molar-refractivity contribution in [2.24, 2.45) is 5.14 Å². The summed E-state index contributed by atoms with van der Waals surface area (Å²) >= 11 is 0. The standard InChI is InChI=1S/C14H17N3O2S/c1-10(11-3-2-4-12(15)9-11)17-13-5-7-14(8-6-13)20(16,18)19/h2-10,17H,15H2,1H3,(H2,16,18,19). The second kappa shape index (κ2) is 5.52. The lowest BCUT2D eigenvalue weighted by Gasteiger charge is -2.16. The number of nitrogen functional groups attached to an aromatic ring is 1. The Labute approximate surface area is 118 Å². The van der Waals surface area contributed by atoms with Crippen molar-refractivity contribution < 1.29 is 8.42 Å². The van der Waals surface area contributed by atoms with Gasteiger partial charge in [-0.25, -0.2) is 13.6 Å². The Hall–Kier alpha value is -2.05. The van der Waals surface area contributed by atoms with Crippen molar-refractivity contribution in [2.75, 3.05) is 11.1 Å². The number of hydrogen-bond acceptors (Lipinski definition) is 4. The highest BCUT2D eigenvalue weighted by Crippen LogP contribution is 2.21. The summed E-state index contributed by atoms with van der Waals surface area (Å²) in [7, 11) is -3.65. The van der Waals surface area contributed by atoms with Gasteiger partial charge in [0.05, 0.1) is 4.90 Å². The second-order valence-corrected chi connectivity index (χ2v) is 6.17. The number of anilines is 2. The van der Waals surface area contributed by atoms with Crippen LogP contribution in [0.4, 0.5) is 11.4 Å². The molecule has 0 aliphatic carbocycles. The molecular formula is C14H17N3O2S. The van der Waals surface area contributed by atoms with Gasteiger partial charge < -0.3 is 11.1 Å². The van der Waals surface area contributed by atoms with E-state index in [0.717, 1.165) is 11.3 Å². The van der Waals surface area contributed by atoms with Gasteiger partial charge in [0.25, 0.3) is 0 Å². The topological polar surface area (TPSA) is 98.2 Å². The van der Waals surface area contributed by atoms with Gasteiger partial charge in [0, 0.05) is 17.4 Å². The third-order valence-corrected chi connectivity index (χ3v) is 3.91. The zero-order valence-electron chi connectivity index (χ0n) is 11.1. The molecule has 1 unspecified atom stereocenters. The molecule has 0 fully saturated rings. The van der Waals surface area contributed by atoms with Crippen molar-refractivity contribution in [3.63, 3.8) is 0 Å². The number of benzene rings is 2. The van der Waals surface area contributed by atoms with E-state index in [4.69, 9.17) is 10.9 Å². The molecule has 0 aromatic heterocycles. The highest BCUT2D eigenvalue weighted by atomic mass is 32.2. The molecule has 2 rings (SSSR count). The Kier molecular flexibility index (Phi) is 3.96. The van der Waals surface area contributed by atoms with Crippen LogP contribution in [0.5, 0.6) is 0 Å². The molecule has 0 aliphatic heterocycles. The van der Waals surface area contributed by atoms with Crippen molar-refractivity contribution in [3.8, 4) is 0 Å². The zero-order chi connectivity index (χ0) is 14.8. The molecule has 5 N–H and O–H groups in total. The Bertz CT molecular complexity index is 697. The van der Waals surface area contributed by atoms with Gasteiger partial charge in [-0.15, -0.1) is 0 Å². The maximum absolute atomic E-state index is 11.2. The molecule has 106 valence electrons. The molecule has 0 saturated carbocycles. The van der Waals surface area contributed by atoms with Crippen LogP contribution in [0.25, 0.3) is 0 Å². The number of nitrogens with two attached hydrogens (primary N) is 2. The van der Waals surface area contributed by atoms with Gasteiger partial charge in [0.1, 0.15) is 0 Å². The first-order valence-electron chi connectivity index (χ1n) is 6.11. The molecule has 0 heterocycles. The maximum Gasteiger partial charge on any atom is 0.238 e. The zero-order valence-corrected chi connectivity index (χ0v) is 11.9. The summed E-state index contributed by atoms with van der Waals surface area (Å²) < 4.78 is 22.3. The maximum atomic E-state index is 11.2. The summed E-state index contributed by atoms with van der Waals surface area (Å²) in [6.45, 7) is 2.00. The van der Waals surface area contributed by atoms with Crippen molar-refractivity contribution in [3.05, 3.63) is 54.1 Å². The van der Waals surface area contributed by atoms with E-state index in [0.29, 0.717) is 5.69 Å². The van der Waals surface area contributed by atoms with Crippen LogP contribution in [0.1, 0.15) is 18.5 Å². The molecule has 0 amide bonds. The Morgan fingerprint density at radius 3 is 2.30 bits per heavy atom. The average molecular weight is 291 g/mol. The normalized spacial score (nSPS) is 12.9. The van der Waals surface area contributed by atoms with Gasteiger partial charge in [0.2, 0.25) is 10.0 Å². The molecule has 2 aromatic carbocycles. The van der Waals surface area contributed by atoms with Crippen LogP contribution in [0.2, 0.25) is 0 Å². The van der Waals surface area contributed by atoms with E-state index < -0.39 is 10.0 Å². The molecule has 5 nitrogen and oxygen atoms in total.